The number of anilines is 1. The molecule has 15 heteroatoms. The van der Waals surface area contributed by atoms with Crippen LogP contribution in [0.25, 0.3) is 10.9 Å². The molecule has 1 amide bonds. The van der Waals surface area contributed by atoms with E-state index in [1.54, 1.807) is 0 Å². The fourth-order valence-electron chi connectivity index (χ4n) is 3.12. The zero-order valence-corrected chi connectivity index (χ0v) is 18.2. The van der Waals surface area contributed by atoms with E-state index >= 15 is 0 Å². The monoisotopic (exact) mass is 576 g/mol. The summed E-state index contributed by atoms with van der Waals surface area (Å²) in [5.41, 5.74) is -9.24. The van der Waals surface area contributed by atoms with Gasteiger partial charge in [-0.05, 0) is 40.2 Å². The number of aromatic nitrogens is 1. The summed E-state index contributed by atoms with van der Waals surface area (Å²) in [7, 11) is 0. The maximum Gasteiger partial charge on any atom is 0.435 e. The third-order valence-electron chi connectivity index (χ3n) is 4.74. The van der Waals surface area contributed by atoms with Gasteiger partial charge in [0.05, 0.1) is 10.2 Å². The van der Waals surface area contributed by atoms with Crippen LogP contribution in [0.3, 0.4) is 0 Å². The van der Waals surface area contributed by atoms with Gasteiger partial charge in [0.25, 0.3) is 5.91 Å². The van der Waals surface area contributed by atoms with Crippen LogP contribution in [-0.2, 0) is 5.67 Å². The lowest BCUT2D eigenvalue weighted by atomic mass is 9.93. The fraction of sp³-hybridized carbons (Fsp3) is 0.200. The van der Waals surface area contributed by atoms with E-state index in [0.29, 0.717) is 4.73 Å². The molecule has 0 bridgehead atoms. The summed E-state index contributed by atoms with van der Waals surface area (Å²) in [5, 5.41) is 13.8. The standard InChI is InChI=1S/C20H10BrF9N2O3/c21-14-11(18(24,19(25,26)27)20(28,29)30)4-6-13(35-17(22)23)15(14)31-16(33)10-3-5-12-9(8-10)2-1-7-32(12)34/h1-8,17H,(H,31,33). The molecule has 1 heterocycles. The topological polar surface area (TPSA) is 65.3 Å². The Bertz CT molecular complexity index is 1270. The number of alkyl halides is 9. The molecule has 0 saturated heterocycles. The summed E-state index contributed by atoms with van der Waals surface area (Å²) in [6, 6.07) is 6.38. The number of benzene rings is 2. The highest BCUT2D eigenvalue weighted by Gasteiger charge is 2.74. The van der Waals surface area contributed by atoms with Crippen LogP contribution in [-0.4, -0.2) is 24.9 Å². The molecule has 1 N–H and O–H groups in total. The summed E-state index contributed by atoms with van der Waals surface area (Å²) < 4.78 is 123. The molecule has 0 aliphatic heterocycles. The SMILES string of the molecule is O=C(Nc1c(OC(F)F)ccc(C(F)(C(F)(F)F)C(F)(F)F)c1Br)c1ccc2c(ccc[n+]2[O-])c1. The molecular weight excluding hydrogens is 567 g/mol. The van der Waals surface area contributed by atoms with E-state index in [1.807, 2.05) is 5.32 Å². The lowest BCUT2D eigenvalue weighted by molar-refractivity contribution is -0.577. The molecule has 0 aliphatic carbocycles. The van der Waals surface area contributed by atoms with Crippen molar-refractivity contribution in [2.24, 2.45) is 0 Å². The Balaban J connectivity index is 2.15. The molecule has 0 aliphatic rings. The molecule has 5 nitrogen and oxygen atoms in total. The lowest BCUT2D eigenvalue weighted by Gasteiger charge is -2.31. The van der Waals surface area contributed by atoms with Crippen LogP contribution in [0.15, 0.2) is 53.1 Å². The van der Waals surface area contributed by atoms with Crippen molar-refractivity contribution in [3.8, 4) is 5.75 Å². The molecule has 0 radical (unpaired) electrons. The van der Waals surface area contributed by atoms with Crippen LogP contribution in [0.2, 0.25) is 0 Å². The molecular formula is C20H10BrF9N2O3. The Labute approximate surface area is 197 Å². The molecule has 3 rings (SSSR count). The van der Waals surface area contributed by atoms with Crippen LogP contribution in [0.5, 0.6) is 5.75 Å². The zero-order valence-electron chi connectivity index (χ0n) is 16.6. The maximum atomic E-state index is 14.6. The van der Waals surface area contributed by atoms with Gasteiger partial charge in [-0.2, -0.15) is 39.9 Å². The Morgan fingerprint density at radius 2 is 1.63 bits per heavy atom. The molecule has 0 spiro atoms. The highest BCUT2D eigenvalue weighted by Crippen LogP contribution is 2.56. The quantitative estimate of drug-likeness (QED) is 0.218. The van der Waals surface area contributed by atoms with Crippen LogP contribution in [0, 0.1) is 5.21 Å². The first-order chi connectivity index (χ1) is 16.1. The van der Waals surface area contributed by atoms with Gasteiger partial charge in [-0.15, -0.1) is 0 Å². The van der Waals surface area contributed by atoms with Crippen molar-refractivity contribution in [1.29, 1.82) is 0 Å². The third kappa shape index (κ3) is 4.81. The van der Waals surface area contributed by atoms with Crippen molar-refractivity contribution in [3.63, 3.8) is 0 Å². The minimum atomic E-state index is -6.51. The minimum absolute atomic E-state index is 0.0402. The molecule has 0 atom stereocenters. The van der Waals surface area contributed by atoms with Gasteiger partial charge in [0.1, 0.15) is 0 Å². The molecule has 35 heavy (non-hydrogen) atoms. The number of carbonyl (C=O) groups is 1. The summed E-state index contributed by atoms with van der Waals surface area (Å²) in [6.07, 6.45) is -11.9. The van der Waals surface area contributed by atoms with Gasteiger partial charge in [-0.3, -0.25) is 4.79 Å². The smallest absolute Gasteiger partial charge is 0.435 e. The van der Waals surface area contributed by atoms with Gasteiger partial charge < -0.3 is 15.3 Å². The van der Waals surface area contributed by atoms with Crippen molar-refractivity contribution < 1.29 is 53.8 Å². The second-order valence-corrected chi connectivity index (χ2v) is 7.69. The molecule has 2 aromatic carbocycles. The van der Waals surface area contributed by atoms with Gasteiger partial charge in [0.15, 0.2) is 11.9 Å². The van der Waals surface area contributed by atoms with Crippen LogP contribution in [0.4, 0.5) is 45.2 Å². The lowest BCUT2D eigenvalue weighted by Crippen LogP contribution is -2.50. The first-order valence-electron chi connectivity index (χ1n) is 9.11. The molecule has 0 saturated carbocycles. The number of hydrogen-bond donors (Lipinski definition) is 1. The number of carbonyl (C=O) groups excluding carboxylic acids is 1. The van der Waals surface area contributed by atoms with E-state index in [1.165, 1.54) is 18.2 Å². The second kappa shape index (κ2) is 9.09. The van der Waals surface area contributed by atoms with E-state index in [9.17, 15) is 49.5 Å². The highest BCUT2D eigenvalue weighted by atomic mass is 79.9. The van der Waals surface area contributed by atoms with Crippen molar-refractivity contribution in [3.05, 3.63) is 69.5 Å². The first kappa shape index (κ1) is 26.4. The summed E-state index contributed by atoms with van der Waals surface area (Å²) in [6.45, 7) is -3.60. The Hall–Kier alpha value is -3.23. The predicted octanol–water partition coefficient (Wildman–Crippen LogP) is 6.38. The third-order valence-corrected chi connectivity index (χ3v) is 5.56. The van der Waals surface area contributed by atoms with Crippen molar-refractivity contribution in [2.75, 3.05) is 5.32 Å². The Morgan fingerprint density at radius 1 is 1.00 bits per heavy atom. The minimum Gasteiger partial charge on any atom is -0.618 e. The van der Waals surface area contributed by atoms with Gasteiger partial charge in [-0.25, -0.2) is 4.39 Å². The second-order valence-electron chi connectivity index (χ2n) is 6.89. The van der Waals surface area contributed by atoms with E-state index in [4.69, 9.17) is 0 Å². The zero-order chi connectivity index (χ0) is 26.3. The van der Waals surface area contributed by atoms with Crippen LogP contribution < -0.4 is 14.8 Å². The normalized spacial score (nSPS) is 12.8. The maximum absolute atomic E-state index is 14.6. The van der Waals surface area contributed by atoms with Gasteiger partial charge in [0, 0.05) is 28.6 Å². The highest BCUT2D eigenvalue weighted by molar-refractivity contribution is 9.10. The number of hydrogen-bond acceptors (Lipinski definition) is 3. The number of pyridine rings is 1. The van der Waals surface area contributed by atoms with Crippen LogP contribution >= 0.6 is 15.9 Å². The largest absolute Gasteiger partial charge is 0.618 e. The number of nitrogens with one attached hydrogen (secondary N) is 1. The van der Waals surface area contributed by atoms with Gasteiger partial charge in [-0.1, -0.05) is 6.07 Å². The summed E-state index contributed by atoms with van der Waals surface area (Å²) in [4.78, 5) is 12.7. The number of ether oxygens (including phenoxy) is 1. The number of rotatable bonds is 5. The van der Waals surface area contributed by atoms with Gasteiger partial charge in [0.2, 0.25) is 5.52 Å². The first-order valence-corrected chi connectivity index (χ1v) is 9.90. The Morgan fingerprint density at radius 3 is 2.20 bits per heavy atom. The molecule has 0 unspecified atom stereocenters. The molecule has 0 fully saturated rings. The number of amides is 1. The van der Waals surface area contributed by atoms with Crippen LogP contribution in [0.1, 0.15) is 15.9 Å². The average molecular weight is 577 g/mol. The summed E-state index contributed by atoms with van der Waals surface area (Å²) in [5.74, 6) is -2.25. The van der Waals surface area contributed by atoms with E-state index in [0.717, 1.165) is 18.3 Å². The molecule has 3 aromatic rings. The van der Waals surface area contributed by atoms with E-state index in [-0.39, 0.29) is 28.6 Å². The van der Waals surface area contributed by atoms with E-state index < -0.39 is 52.0 Å². The number of halogens is 10. The average Bonchev–Trinajstić information content (AvgIpc) is 2.73. The number of nitrogens with zero attached hydrogens (tertiary/aromatic N) is 1. The van der Waals surface area contributed by atoms with Crippen molar-refractivity contribution >= 4 is 38.4 Å². The molecule has 188 valence electrons. The molecule has 1 aromatic heterocycles. The van der Waals surface area contributed by atoms with Crippen molar-refractivity contribution in [2.45, 2.75) is 24.6 Å². The predicted molar refractivity (Wildman–Crippen MR) is 107 cm³/mol. The number of fused-ring (bicyclic) bond motifs is 1. The fourth-order valence-corrected chi connectivity index (χ4v) is 3.82. The Kier molecular flexibility index (Phi) is 6.85. The van der Waals surface area contributed by atoms with E-state index in [2.05, 4.69) is 20.7 Å². The van der Waals surface area contributed by atoms with Gasteiger partial charge >= 0.3 is 24.6 Å². The van der Waals surface area contributed by atoms with Crippen molar-refractivity contribution in [1.82, 2.24) is 0 Å². The summed E-state index contributed by atoms with van der Waals surface area (Å²) >= 11 is 2.37.